The smallest absolute Gasteiger partial charge is 0.301 e. The number of rotatable bonds is 8. The van der Waals surface area contributed by atoms with E-state index in [2.05, 4.69) is 9.82 Å². The zero-order valence-electron chi connectivity index (χ0n) is 16.7. The van der Waals surface area contributed by atoms with Gasteiger partial charge in [-0.3, -0.25) is 9.48 Å². The molecule has 0 fully saturated rings. The summed E-state index contributed by atoms with van der Waals surface area (Å²) in [5.41, 5.74) is 2.48. The van der Waals surface area contributed by atoms with Crippen molar-refractivity contribution in [3.8, 4) is 5.82 Å². The summed E-state index contributed by atoms with van der Waals surface area (Å²) >= 11 is 0. The predicted octanol–water partition coefficient (Wildman–Crippen LogP) is 2.44. The highest BCUT2D eigenvalue weighted by molar-refractivity contribution is 7.88. The highest BCUT2D eigenvalue weighted by atomic mass is 32.2. The fourth-order valence-electron chi connectivity index (χ4n) is 3.16. The Morgan fingerprint density at radius 3 is 2.76 bits per heavy atom. The molecule has 1 amide bonds. The first-order valence-electron chi connectivity index (χ1n) is 9.42. The van der Waals surface area contributed by atoms with Gasteiger partial charge in [0.25, 0.3) is 5.91 Å². The number of nitrogens with zero attached hydrogens (tertiary/aromatic N) is 3. The van der Waals surface area contributed by atoms with Crippen LogP contribution < -0.4 is 9.44 Å². The lowest BCUT2D eigenvalue weighted by molar-refractivity contribution is -0.114. The maximum Gasteiger partial charge on any atom is 0.301 e. The van der Waals surface area contributed by atoms with Crippen molar-refractivity contribution in [2.24, 2.45) is 7.05 Å². The van der Waals surface area contributed by atoms with Crippen LogP contribution in [0.15, 0.2) is 42.6 Å². The lowest BCUT2D eigenvalue weighted by Crippen LogP contribution is -2.39. The van der Waals surface area contributed by atoms with Crippen LogP contribution in [0, 0.1) is 6.92 Å². The van der Waals surface area contributed by atoms with Crippen molar-refractivity contribution in [1.82, 2.24) is 23.8 Å². The number of aromatic nitrogens is 3. The molecule has 0 aliphatic carbocycles. The Bertz CT molecular complexity index is 1160. The molecular weight excluding hydrogens is 390 g/mol. The van der Waals surface area contributed by atoms with E-state index in [0.717, 1.165) is 34.4 Å². The number of para-hydroxylation sites is 1. The van der Waals surface area contributed by atoms with Crippen LogP contribution in [0.2, 0.25) is 0 Å². The molecule has 2 aromatic heterocycles. The number of benzene rings is 1. The van der Waals surface area contributed by atoms with Gasteiger partial charge in [-0.05, 0) is 36.9 Å². The average molecular weight is 416 g/mol. The number of aryl methyl sites for hydroxylation is 2. The highest BCUT2D eigenvalue weighted by Gasteiger charge is 2.16. The molecule has 0 unspecified atom stereocenters. The first kappa shape index (κ1) is 20.8. The van der Waals surface area contributed by atoms with Gasteiger partial charge in [-0.2, -0.15) is 18.2 Å². The molecule has 0 aliphatic heterocycles. The third-order valence-corrected chi connectivity index (χ3v) is 5.58. The summed E-state index contributed by atoms with van der Waals surface area (Å²) in [7, 11) is -2.04. The molecule has 0 saturated heterocycles. The van der Waals surface area contributed by atoms with E-state index in [1.54, 1.807) is 10.8 Å². The summed E-state index contributed by atoms with van der Waals surface area (Å²) in [6.07, 6.45) is 6.30. The maximum atomic E-state index is 12.1. The summed E-state index contributed by atoms with van der Waals surface area (Å²) < 4.78 is 31.9. The second-order valence-corrected chi connectivity index (χ2v) is 8.24. The van der Waals surface area contributed by atoms with Crippen LogP contribution in [-0.2, 0) is 22.1 Å². The minimum absolute atomic E-state index is 0.287. The standard InChI is InChI=1S/C20H25N5O3S/c1-4-5-13-21-29(27,28)23-19(26)11-10-17-15(2)22-24(3)20(17)25-14-12-16-8-6-7-9-18(16)25/h6-12,14,21H,4-5,13H2,1-3H3,(H,23,26)/b11-10+. The second-order valence-electron chi connectivity index (χ2n) is 6.74. The first-order chi connectivity index (χ1) is 13.8. The van der Waals surface area contributed by atoms with E-state index in [1.165, 1.54) is 6.08 Å². The van der Waals surface area contributed by atoms with Gasteiger partial charge in [0, 0.05) is 31.4 Å². The number of carbonyl (C=O) groups is 1. The van der Waals surface area contributed by atoms with Gasteiger partial charge >= 0.3 is 10.2 Å². The quantitative estimate of drug-likeness (QED) is 0.436. The molecule has 3 rings (SSSR count). The van der Waals surface area contributed by atoms with E-state index in [1.807, 2.05) is 66.7 Å². The van der Waals surface area contributed by atoms with Gasteiger partial charge in [-0.1, -0.05) is 31.5 Å². The van der Waals surface area contributed by atoms with E-state index in [0.29, 0.717) is 6.42 Å². The fourth-order valence-corrected chi connectivity index (χ4v) is 3.97. The predicted molar refractivity (Wildman–Crippen MR) is 114 cm³/mol. The van der Waals surface area contributed by atoms with Gasteiger partial charge in [-0.15, -0.1) is 0 Å². The van der Waals surface area contributed by atoms with Crippen LogP contribution in [0.25, 0.3) is 22.8 Å². The number of amides is 1. The summed E-state index contributed by atoms with van der Waals surface area (Å²) in [6, 6.07) is 9.97. The van der Waals surface area contributed by atoms with Crippen LogP contribution in [0.5, 0.6) is 0 Å². The Balaban J connectivity index is 1.86. The molecule has 0 bridgehead atoms. The van der Waals surface area contributed by atoms with Gasteiger partial charge in [0.05, 0.1) is 11.2 Å². The Labute approximate surface area is 170 Å². The van der Waals surface area contributed by atoms with Crippen molar-refractivity contribution < 1.29 is 13.2 Å². The molecule has 0 radical (unpaired) electrons. The third kappa shape index (κ3) is 4.75. The summed E-state index contributed by atoms with van der Waals surface area (Å²) in [5, 5.41) is 5.54. The minimum atomic E-state index is -3.87. The monoisotopic (exact) mass is 415 g/mol. The second kappa shape index (κ2) is 8.62. The third-order valence-electron chi connectivity index (χ3n) is 4.52. The van der Waals surface area contributed by atoms with Crippen molar-refractivity contribution in [3.63, 3.8) is 0 Å². The SMILES string of the molecule is CCCCNS(=O)(=O)NC(=O)/C=C/c1c(C)nn(C)c1-n1ccc2ccccc21. The molecule has 0 spiro atoms. The van der Waals surface area contributed by atoms with E-state index in [-0.39, 0.29) is 6.54 Å². The molecule has 8 nitrogen and oxygen atoms in total. The molecule has 2 heterocycles. The van der Waals surface area contributed by atoms with Gasteiger partial charge in [0.1, 0.15) is 5.82 Å². The summed E-state index contributed by atoms with van der Waals surface area (Å²) in [6.45, 7) is 4.09. The van der Waals surface area contributed by atoms with Gasteiger partial charge < -0.3 is 4.57 Å². The van der Waals surface area contributed by atoms with Crippen molar-refractivity contribution in [3.05, 3.63) is 53.9 Å². The van der Waals surface area contributed by atoms with Crippen LogP contribution in [-0.4, -0.2) is 35.2 Å². The zero-order chi connectivity index (χ0) is 21.0. The molecule has 1 aromatic carbocycles. The molecule has 0 atom stereocenters. The van der Waals surface area contributed by atoms with E-state index in [4.69, 9.17) is 0 Å². The Kier molecular flexibility index (Phi) is 6.19. The van der Waals surface area contributed by atoms with E-state index < -0.39 is 16.1 Å². The summed E-state index contributed by atoms with van der Waals surface area (Å²) in [5.74, 6) is 0.0669. The number of unbranched alkanes of at least 4 members (excludes halogenated alkanes) is 1. The number of nitrogens with one attached hydrogen (secondary N) is 2. The van der Waals surface area contributed by atoms with E-state index >= 15 is 0 Å². The molecule has 3 aromatic rings. The molecule has 2 N–H and O–H groups in total. The van der Waals surface area contributed by atoms with Crippen molar-refractivity contribution in [1.29, 1.82) is 0 Å². The maximum absolute atomic E-state index is 12.1. The van der Waals surface area contributed by atoms with E-state index in [9.17, 15) is 13.2 Å². The van der Waals surface area contributed by atoms with Crippen molar-refractivity contribution >= 4 is 33.1 Å². The summed E-state index contributed by atoms with van der Waals surface area (Å²) in [4.78, 5) is 12.1. The Hall–Kier alpha value is -2.91. The minimum Gasteiger partial charge on any atom is -0.301 e. The number of fused-ring (bicyclic) bond motifs is 1. The van der Waals surface area contributed by atoms with Crippen LogP contribution in [0.3, 0.4) is 0 Å². The molecule has 9 heteroatoms. The van der Waals surface area contributed by atoms with Crippen LogP contribution in [0.4, 0.5) is 0 Å². The fraction of sp³-hybridized carbons (Fsp3) is 0.300. The molecule has 0 saturated carbocycles. The van der Waals surface area contributed by atoms with Gasteiger partial charge in [0.2, 0.25) is 0 Å². The van der Waals surface area contributed by atoms with Crippen molar-refractivity contribution in [2.75, 3.05) is 6.54 Å². The highest BCUT2D eigenvalue weighted by Crippen LogP contribution is 2.25. The largest absolute Gasteiger partial charge is 0.301 e. The van der Waals surface area contributed by atoms with Crippen LogP contribution in [0.1, 0.15) is 31.0 Å². The molecule has 29 heavy (non-hydrogen) atoms. The molecular formula is C20H25N5O3S. The lowest BCUT2D eigenvalue weighted by Gasteiger charge is -2.08. The average Bonchev–Trinajstić information content (AvgIpc) is 3.19. The van der Waals surface area contributed by atoms with Gasteiger partial charge in [-0.25, -0.2) is 4.72 Å². The molecule has 0 aliphatic rings. The topological polar surface area (TPSA) is 98.0 Å². The zero-order valence-corrected chi connectivity index (χ0v) is 17.5. The Morgan fingerprint density at radius 1 is 1.24 bits per heavy atom. The first-order valence-corrected chi connectivity index (χ1v) is 10.9. The van der Waals surface area contributed by atoms with Crippen LogP contribution >= 0.6 is 0 Å². The van der Waals surface area contributed by atoms with Gasteiger partial charge in [0.15, 0.2) is 0 Å². The number of carbonyl (C=O) groups excluding carboxylic acids is 1. The van der Waals surface area contributed by atoms with Crippen molar-refractivity contribution in [2.45, 2.75) is 26.7 Å². The normalized spacial score (nSPS) is 12.1. The number of hydrogen-bond acceptors (Lipinski definition) is 4. The molecule has 154 valence electrons. The number of hydrogen-bond donors (Lipinski definition) is 2. The lowest BCUT2D eigenvalue weighted by atomic mass is 10.2. The Morgan fingerprint density at radius 2 is 2.00 bits per heavy atom.